The normalized spacial score (nSPS) is 9.50. The Labute approximate surface area is 77.8 Å². The Kier molecular flexibility index (Phi) is 2.65. The van der Waals surface area contributed by atoms with Crippen molar-refractivity contribution in [2.75, 3.05) is 5.32 Å². The molecule has 64 valence electrons. The second-order valence-electron chi connectivity index (χ2n) is 2.76. The Hall–Kier alpha value is -1.09. The number of nitrogens with one attached hydrogen (secondary N) is 1. The van der Waals surface area contributed by atoms with Gasteiger partial charge in [-0.25, -0.2) is 0 Å². The minimum atomic E-state index is 0.312. The van der Waals surface area contributed by atoms with Crippen LogP contribution in [-0.4, -0.2) is 5.11 Å². The lowest BCUT2D eigenvalue weighted by Crippen LogP contribution is -2.20. The van der Waals surface area contributed by atoms with Gasteiger partial charge in [-0.15, -0.1) is 0 Å². The van der Waals surface area contributed by atoms with E-state index in [1.807, 2.05) is 32.0 Å². The van der Waals surface area contributed by atoms with E-state index in [-0.39, 0.29) is 0 Å². The molecule has 0 aromatic heterocycles. The summed E-state index contributed by atoms with van der Waals surface area (Å²) in [5.41, 5.74) is 8.71. The summed E-state index contributed by atoms with van der Waals surface area (Å²) in [7, 11) is 0. The SMILES string of the molecule is Cc1cccc(C)c1NC(N)=S. The molecule has 0 unspecified atom stereocenters. The van der Waals surface area contributed by atoms with Gasteiger partial charge >= 0.3 is 0 Å². The molecule has 0 atom stereocenters. The van der Waals surface area contributed by atoms with E-state index in [9.17, 15) is 0 Å². The summed E-state index contributed by atoms with van der Waals surface area (Å²) in [5.74, 6) is 0. The number of aryl methyl sites for hydroxylation is 2. The average molecular weight is 180 g/mol. The van der Waals surface area contributed by atoms with E-state index in [2.05, 4.69) is 5.32 Å². The molecule has 3 N–H and O–H groups in total. The highest BCUT2D eigenvalue weighted by Gasteiger charge is 2.00. The third-order valence-electron chi connectivity index (χ3n) is 1.73. The number of thiocarbonyl (C=S) groups is 1. The van der Waals surface area contributed by atoms with Crippen LogP contribution < -0.4 is 11.1 Å². The first-order chi connectivity index (χ1) is 5.61. The predicted octanol–water partition coefficient (Wildman–Crippen LogP) is 1.96. The van der Waals surface area contributed by atoms with E-state index in [4.69, 9.17) is 18.0 Å². The number of rotatable bonds is 1. The Morgan fingerprint density at radius 1 is 1.33 bits per heavy atom. The topological polar surface area (TPSA) is 38.0 Å². The van der Waals surface area contributed by atoms with Gasteiger partial charge in [0.2, 0.25) is 0 Å². The smallest absolute Gasteiger partial charge is 0.168 e. The van der Waals surface area contributed by atoms with Gasteiger partial charge in [0.15, 0.2) is 5.11 Å². The summed E-state index contributed by atoms with van der Waals surface area (Å²) in [6.07, 6.45) is 0. The molecular weight excluding hydrogens is 168 g/mol. The van der Waals surface area contributed by atoms with Crippen molar-refractivity contribution >= 4 is 23.0 Å². The van der Waals surface area contributed by atoms with Crippen LogP contribution in [0.3, 0.4) is 0 Å². The lowest BCUT2D eigenvalue weighted by molar-refractivity contribution is 1.37. The van der Waals surface area contributed by atoms with Crippen molar-refractivity contribution in [3.8, 4) is 0 Å². The fourth-order valence-electron chi connectivity index (χ4n) is 1.13. The zero-order chi connectivity index (χ0) is 9.14. The van der Waals surface area contributed by atoms with Crippen LogP contribution in [0.25, 0.3) is 0 Å². The van der Waals surface area contributed by atoms with Crippen molar-refractivity contribution in [3.63, 3.8) is 0 Å². The fourth-order valence-corrected chi connectivity index (χ4v) is 1.24. The van der Waals surface area contributed by atoms with E-state index in [1.54, 1.807) is 0 Å². The van der Waals surface area contributed by atoms with Crippen LogP contribution in [0.5, 0.6) is 0 Å². The molecule has 0 amide bonds. The summed E-state index contributed by atoms with van der Waals surface area (Å²) in [5, 5.41) is 3.26. The fraction of sp³-hybridized carbons (Fsp3) is 0.222. The van der Waals surface area contributed by atoms with Gasteiger partial charge < -0.3 is 11.1 Å². The van der Waals surface area contributed by atoms with Gasteiger partial charge in [0.05, 0.1) is 0 Å². The minimum Gasteiger partial charge on any atom is -0.376 e. The van der Waals surface area contributed by atoms with Crippen molar-refractivity contribution < 1.29 is 0 Å². The summed E-state index contributed by atoms with van der Waals surface area (Å²) >= 11 is 4.76. The van der Waals surface area contributed by atoms with E-state index >= 15 is 0 Å². The zero-order valence-electron chi connectivity index (χ0n) is 7.22. The number of anilines is 1. The van der Waals surface area contributed by atoms with Crippen LogP contribution in [-0.2, 0) is 0 Å². The molecule has 1 aromatic carbocycles. The second kappa shape index (κ2) is 3.54. The maximum Gasteiger partial charge on any atom is 0.168 e. The third-order valence-corrected chi connectivity index (χ3v) is 1.83. The molecule has 0 radical (unpaired) electrons. The zero-order valence-corrected chi connectivity index (χ0v) is 8.03. The molecule has 0 aliphatic carbocycles. The quantitative estimate of drug-likeness (QED) is 0.649. The monoisotopic (exact) mass is 180 g/mol. The number of nitrogens with two attached hydrogens (primary N) is 1. The van der Waals surface area contributed by atoms with Gasteiger partial charge in [0.1, 0.15) is 0 Å². The molecule has 0 spiro atoms. The van der Waals surface area contributed by atoms with Crippen LogP contribution in [0.4, 0.5) is 5.69 Å². The minimum absolute atomic E-state index is 0.312. The highest BCUT2D eigenvalue weighted by Crippen LogP contribution is 2.18. The Morgan fingerprint density at radius 3 is 2.25 bits per heavy atom. The lowest BCUT2D eigenvalue weighted by atomic mass is 10.1. The maximum absolute atomic E-state index is 5.38. The third kappa shape index (κ3) is 1.95. The highest BCUT2D eigenvalue weighted by molar-refractivity contribution is 7.80. The molecule has 12 heavy (non-hydrogen) atoms. The summed E-state index contributed by atoms with van der Waals surface area (Å²) in [6.45, 7) is 4.04. The summed E-state index contributed by atoms with van der Waals surface area (Å²) < 4.78 is 0. The molecule has 2 nitrogen and oxygen atoms in total. The molecule has 1 rings (SSSR count). The van der Waals surface area contributed by atoms with Crippen LogP contribution in [0.15, 0.2) is 18.2 Å². The van der Waals surface area contributed by atoms with Gasteiger partial charge in [-0.05, 0) is 37.2 Å². The second-order valence-corrected chi connectivity index (χ2v) is 3.20. The standard InChI is InChI=1S/C9H12N2S/c1-6-4-3-5-7(2)8(6)11-9(10)12/h3-5H,1-2H3,(H3,10,11,12). The number of para-hydroxylation sites is 1. The molecule has 0 aliphatic rings. The van der Waals surface area contributed by atoms with Gasteiger partial charge in [0, 0.05) is 5.69 Å². The van der Waals surface area contributed by atoms with Crippen molar-refractivity contribution in [2.45, 2.75) is 13.8 Å². The van der Waals surface area contributed by atoms with E-state index < -0.39 is 0 Å². The lowest BCUT2D eigenvalue weighted by Gasteiger charge is -2.10. The van der Waals surface area contributed by atoms with Gasteiger partial charge in [-0.1, -0.05) is 18.2 Å². The highest BCUT2D eigenvalue weighted by atomic mass is 32.1. The largest absolute Gasteiger partial charge is 0.376 e. The van der Waals surface area contributed by atoms with Crippen molar-refractivity contribution in [3.05, 3.63) is 29.3 Å². The van der Waals surface area contributed by atoms with Crippen LogP contribution in [0, 0.1) is 13.8 Å². The van der Waals surface area contributed by atoms with E-state index in [1.165, 1.54) is 0 Å². The van der Waals surface area contributed by atoms with Gasteiger partial charge in [0.25, 0.3) is 0 Å². The molecule has 0 aliphatic heterocycles. The molecular formula is C9H12N2S. The molecule has 0 saturated heterocycles. The van der Waals surface area contributed by atoms with E-state index in [0.29, 0.717) is 5.11 Å². The summed E-state index contributed by atoms with van der Waals surface area (Å²) in [6, 6.07) is 6.05. The van der Waals surface area contributed by atoms with Crippen molar-refractivity contribution in [1.29, 1.82) is 0 Å². The van der Waals surface area contributed by atoms with Gasteiger partial charge in [-0.3, -0.25) is 0 Å². The van der Waals surface area contributed by atoms with Gasteiger partial charge in [-0.2, -0.15) is 0 Å². The number of benzene rings is 1. The Bertz CT molecular complexity index is 287. The van der Waals surface area contributed by atoms with E-state index in [0.717, 1.165) is 16.8 Å². The molecule has 0 heterocycles. The molecule has 1 aromatic rings. The molecule has 0 bridgehead atoms. The first kappa shape index (κ1) is 9.00. The molecule has 0 fully saturated rings. The first-order valence-electron chi connectivity index (χ1n) is 3.74. The first-order valence-corrected chi connectivity index (χ1v) is 4.15. The maximum atomic E-state index is 5.38. The van der Waals surface area contributed by atoms with Crippen molar-refractivity contribution in [2.24, 2.45) is 5.73 Å². The average Bonchev–Trinajstić information content (AvgIpc) is 1.97. The number of hydrogen-bond acceptors (Lipinski definition) is 1. The predicted molar refractivity (Wildman–Crippen MR) is 56.3 cm³/mol. The Balaban J connectivity index is 3.04. The Morgan fingerprint density at radius 2 is 1.83 bits per heavy atom. The summed E-state index contributed by atoms with van der Waals surface area (Å²) in [4.78, 5) is 0. The van der Waals surface area contributed by atoms with Crippen LogP contribution >= 0.6 is 12.2 Å². The number of hydrogen-bond donors (Lipinski definition) is 2. The molecule has 0 saturated carbocycles. The van der Waals surface area contributed by atoms with Crippen LogP contribution in [0.2, 0.25) is 0 Å². The van der Waals surface area contributed by atoms with Crippen LogP contribution in [0.1, 0.15) is 11.1 Å². The van der Waals surface area contributed by atoms with Crippen molar-refractivity contribution in [1.82, 2.24) is 0 Å². The molecule has 3 heteroatoms.